The Morgan fingerprint density at radius 3 is 1.05 bits per heavy atom. The van der Waals surface area contributed by atoms with Gasteiger partial charge in [-0.2, -0.15) is 0 Å². The molecule has 0 aliphatic heterocycles. The molecule has 0 rings (SSSR count). The minimum absolute atomic E-state index is 0.0765. The van der Waals surface area contributed by atoms with Gasteiger partial charge in [-0.25, -0.2) is 0 Å². The van der Waals surface area contributed by atoms with E-state index in [0.717, 1.165) is 77.0 Å². The van der Waals surface area contributed by atoms with Gasteiger partial charge in [-0.15, -0.1) is 0 Å². The van der Waals surface area contributed by atoms with Crippen molar-refractivity contribution < 1.29 is 28.6 Å². The van der Waals surface area contributed by atoms with E-state index in [4.69, 9.17) is 14.2 Å². The fraction of sp³-hybridized carbons (Fsp3) is 0.827. The third-order valence-corrected chi connectivity index (χ3v) is 10.9. The topological polar surface area (TPSA) is 78.9 Å². The minimum atomic E-state index is -0.773. The molecule has 6 nitrogen and oxygen atoms in total. The smallest absolute Gasteiger partial charge is 0.306 e. The van der Waals surface area contributed by atoms with Crippen LogP contribution in [0.25, 0.3) is 0 Å². The van der Waals surface area contributed by atoms with Crippen molar-refractivity contribution in [1.29, 1.82) is 0 Å². The van der Waals surface area contributed by atoms with Gasteiger partial charge in [-0.05, 0) is 70.6 Å². The molecule has 0 saturated carbocycles. The largest absolute Gasteiger partial charge is 0.462 e. The van der Waals surface area contributed by atoms with Crippen molar-refractivity contribution in [2.24, 2.45) is 0 Å². The highest BCUT2D eigenvalue weighted by Gasteiger charge is 2.19. The Hall–Kier alpha value is -2.37. The van der Waals surface area contributed by atoms with E-state index in [-0.39, 0.29) is 31.1 Å². The van der Waals surface area contributed by atoms with Crippen molar-refractivity contribution in [2.75, 3.05) is 13.2 Å². The lowest BCUT2D eigenvalue weighted by atomic mass is 10.0. The van der Waals surface area contributed by atoms with Gasteiger partial charge >= 0.3 is 17.9 Å². The van der Waals surface area contributed by atoms with Crippen molar-refractivity contribution in [2.45, 2.75) is 264 Å². The molecule has 0 aliphatic carbocycles. The molecule has 0 aromatic rings. The monoisotopic (exact) mass is 815 g/mol. The maximum absolute atomic E-state index is 12.7. The Morgan fingerprint density at radius 2 is 0.638 bits per heavy atom. The normalized spacial score (nSPS) is 12.3. The van der Waals surface area contributed by atoms with E-state index in [1.165, 1.54) is 141 Å². The predicted octanol–water partition coefficient (Wildman–Crippen LogP) is 16.1. The molecule has 1 atom stereocenters. The van der Waals surface area contributed by atoms with E-state index in [9.17, 15) is 14.4 Å². The van der Waals surface area contributed by atoms with Crippen LogP contribution in [0.1, 0.15) is 258 Å². The van der Waals surface area contributed by atoms with E-state index in [0.29, 0.717) is 19.3 Å². The average Bonchev–Trinajstić information content (AvgIpc) is 3.22. The second-order valence-corrected chi connectivity index (χ2v) is 16.7. The molecule has 6 heteroatoms. The molecular formula is C52H94O6. The summed E-state index contributed by atoms with van der Waals surface area (Å²) in [6.07, 6.45) is 54.1. The van der Waals surface area contributed by atoms with E-state index < -0.39 is 6.10 Å². The SMILES string of the molecule is CCCC/C=C\CCCCCCCC(=O)OC[C@@H](COC(=O)CCCCCCCCC/C=C\C/C=C\CCCCC)OC(=O)CCCCCCCCCCCCCC. The molecule has 0 heterocycles. The van der Waals surface area contributed by atoms with Crippen LogP contribution in [0.3, 0.4) is 0 Å². The molecule has 0 aromatic carbocycles. The summed E-state index contributed by atoms with van der Waals surface area (Å²) in [5.41, 5.74) is 0. The molecule has 0 saturated heterocycles. The first-order valence-corrected chi connectivity index (χ1v) is 25.0. The van der Waals surface area contributed by atoms with Crippen LogP contribution in [0.2, 0.25) is 0 Å². The molecule has 0 bridgehead atoms. The van der Waals surface area contributed by atoms with Gasteiger partial charge in [0.2, 0.25) is 0 Å². The lowest BCUT2D eigenvalue weighted by Crippen LogP contribution is -2.30. The van der Waals surface area contributed by atoms with Gasteiger partial charge < -0.3 is 14.2 Å². The van der Waals surface area contributed by atoms with Gasteiger partial charge in [0.25, 0.3) is 0 Å². The van der Waals surface area contributed by atoms with Gasteiger partial charge in [0.05, 0.1) is 0 Å². The van der Waals surface area contributed by atoms with Crippen LogP contribution < -0.4 is 0 Å². The number of allylic oxidation sites excluding steroid dienone is 6. The summed E-state index contributed by atoms with van der Waals surface area (Å²) in [5.74, 6) is -0.886. The zero-order chi connectivity index (χ0) is 42.3. The van der Waals surface area contributed by atoms with Crippen LogP contribution in [0.5, 0.6) is 0 Å². The molecule has 0 spiro atoms. The summed E-state index contributed by atoms with van der Waals surface area (Å²) in [6, 6.07) is 0. The highest BCUT2D eigenvalue weighted by Crippen LogP contribution is 2.15. The Labute approximate surface area is 359 Å². The highest BCUT2D eigenvalue weighted by molar-refractivity contribution is 5.71. The summed E-state index contributed by atoms with van der Waals surface area (Å²) in [5, 5.41) is 0. The maximum Gasteiger partial charge on any atom is 0.306 e. The number of esters is 3. The number of carbonyl (C=O) groups excluding carboxylic acids is 3. The van der Waals surface area contributed by atoms with Crippen molar-refractivity contribution in [3.05, 3.63) is 36.5 Å². The first kappa shape index (κ1) is 55.6. The van der Waals surface area contributed by atoms with Crippen LogP contribution >= 0.6 is 0 Å². The van der Waals surface area contributed by atoms with Crippen LogP contribution in [0.4, 0.5) is 0 Å². The zero-order valence-corrected chi connectivity index (χ0v) is 38.6. The maximum atomic E-state index is 12.7. The average molecular weight is 815 g/mol. The summed E-state index contributed by atoms with van der Waals surface area (Å²) >= 11 is 0. The summed E-state index contributed by atoms with van der Waals surface area (Å²) < 4.78 is 16.7. The number of hydrogen-bond donors (Lipinski definition) is 0. The highest BCUT2D eigenvalue weighted by atomic mass is 16.6. The second-order valence-electron chi connectivity index (χ2n) is 16.7. The number of unbranched alkanes of at least 4 members (excludes halogenated alkanes) is 28. The van der Waals surface area contributed by atoms with Crippen LogP contribution in [0, 0.1) is 0 Å². The third kappa shape index (κ3) is 44.7. The predicted molar refractivity (Wildman–Crippen MR) is 247 cm³/mol. The Kier molecular flexibility index (Phi) is 45.4. The van der Waals surface area contributed by atoms with Gasteiger partial charge in [-0.3, -0.25) is 14.4 Å². The van der Waals surface area contributed by atoms with E-state index >= 15 is 0 Å². The van der Waals surface area contributed by atoms with E-state index in [1.807, 2.05) is 0 Å². The lowest BCUT2D eigenvalue weighted by Gasteiger charge is -2.18. The fourth-order valence-electron chi connectivity index (χ4n) is 7.04. The molecule has 0 amide bonds. The Morgan fingerprint density at radius 1 is 0.345 bits per heavy atom. The first-order chi connectivity index (χ1) is 28.5. The van der Waals surface area contributed by atoms with Gasteiger partial charge in [-0.1, -0.05) is 205 Å². The number of carbonyl (C=O) groups is 3. The standard InChI is InChI=1S/C52H94O6/c1-4-7-10-13-16-19-22-24-25-26-27-28-31-33-36-39-42-45-51(54)57-48-49(47-56-50(53)44-41-38-35-32-29-21-18-15-12-9-6-3)58-52(55)46-43-40-37-34-30-23-20-17-14-11-8-5-2/h15-16,18-19,24-25,49H,4-14,17,20-23,26-48H2,1-3H3/b18-15-,19-16-,25-24-/t49-/m0/s1. The summed E-state index contributed by atoms with van der Waals surface area (Å²) in [7, 11) is 0. The number of ether oxygens (including phenoxy) is 3. The first-order valence-electron chi connectivity index (χ1n) is 25.0. The number of hydrogen-bond acceptors (Lipinski definition) is 6. The van der Waals surface area contributed by atoms with E-state index in [1.54, 1.807) is 0 Å². The molecule has 0 radical (unpaired) electrons. The van der Waals surface area contributed by atoms with Crippen molar-refractivity contribution in [1.82, 2.24) is 0 Å². The zero-order valence-electron chi connectivity index (χ0n) is 38.6. The van der Waals surface area contributed by atoms with Crippen LogP contribution in [-0.2, 0) is 28.6 Å². The lowest BCUT2D eigenvalue weighted by molar-refractivity contribution is -0.167. The molecule has 0 N–H and O–H groups in total. The van der Waals surface area contributed by atoms with Crippen LogP contribution in [-0.4, -0.2) is 37.2 Å². The van der Waals surface area contributed by atoms with Crippen molar-refractivity contribution in [3.8, 4) is 0 Å². The summed E-state index contributed by atoms with van der Waals surface area (Å²) in [6.45, 7) is 6.57. The second kappa shape index (κ2) is 47.3. The molecule has 0 aromatic heterocycles. The van der Waals surface area contributed by atoms with Crippen molar-refractivity contribution >= 4 is 17.9 Å². The number of rotatable bonds is 45. The van der Waals surface area contributed by atoms with Gasteiger partial charge in [0, 0.05) is 19.3 Å². The molecule has 338 valence electrons. The molecule has 0 aliphatic rings. The van der Waals surface area contributed by atoms with Crippen molar-refractivity contribution in [3.63, 3.8) is 0 Å². The quantitative estimate of drug-likeness (QED) is 0.0264. The van der Waals surface area contributed by atoms with E-state index in [2.05, 4.69) is 57.2 Å². The minimum Gasteiger partial charge on any atom is -0.462 e. The molecule has 58 heavy (non-hydrogen) atoms. The Bertz CT molecular complexity index is 984. The van der Waals surface area contributed by atoms with Gasteiger partial charge in [0.1, 0.15) is 13.2 Å². The molecule has 0 unspecified atom stereocenters. The summed E-state index contributed by atoms with van der Waals surface area (Å²) in [4.78, 5) is 37.8. The van der Waals surface area contributed by atoms with Crippen LogP contribution in [0.15, 0.2) is 36.5 Å². The third-order valence-electron chi connectivity index (χ3n) is 10.9. The molecular weight excluding hydrogens is 721 g/mol. The fourth-order valence-corrected chi connectivity index (χ4v) is 7.04. The van der Waals surface area contributed by atoms with Gasteiger partial charge in [0.15, 0.2) is 6.10 Å². The molecule has 0 fully saturated rings. The Balaban J connectivity index is 4.34.